The molecular formula is C35H28N2O. The molecular weight excluding hydrogens is 464 g/mol. The van der Waals surface area contributed by atoms with Crippen LogP contribution in [0.2, 0.25) is 0 Å². The lowest BCUT2D eigenvalue weighted by molar-refractivity contribution is -0.177. The summed E-state index contributed by atoms with van der Waals surface area (Å²) in [6, 6.07) is 49.9. The minimum absolute atomic E-state index is 0.226. The molecule has 1 fully saturated rings. The van der Waals surface area contributed by atoms with Gasteiger partial charge in [0.05, 0.1) is 11.4 Å². The number of rotatable bonds is 5. The van der Waals surface area contributed by atoms with Gasteiger partial charge in [-0.05, 0) is 59.4 Å². The fourth-order valence-corrected chi connectivity index (χ4v) is 6.64. The quantitative estimate of drug-likeness (QED) is 0.255. The molecule has 0 aromatic heterocycles. The van der Waals surface area contributed by atoms with Crippen molar-refractivity contribution in [3.63, 3.8) is 0 Å². The third-order valence-electron chi connectivity index (χ3n) is 8.19. The Bertz CT molecular complexity index is 1510. The SMILES string of the molecule is O=C1C2(CCc3ccccc32)N(N(c2ccccc2)c2ccccc2)C1(c1ccccc1)c1ccccc1. The molecule has 1 spiro atoms. The molecule has 2 aliphatic rings. The normalized spacial score (nSPS) is 19.6. The zero-order valence-electron chi connectivity index (χ0n) is 21.1. The Morgan fingerprint density at radius 3 is 1.53 bits per heavy atom. The second-order valence-electron chi connectivity index (χ2n) is 10.1. The van der Waals surface area contributed by atoms with Crippen molar-refractivity contribution >= 4 is 17.2 Å². The van der Waals surface area contributed by atoms with Crippen LogP contribution in [0.4, 0.5) is 11.4 Å². The van der Waals surface area contributed by atoms with E-state index < -0.39 is 11.1 Å². The summed E-state index contributed by atoms with van der Waals surface area (Å²) >= 11 is 0. The van der Waals surface area contributed by atoms with E-state index in [4.69, 9.17) is 0 Å². The van der Waals surface area contributed by atoms with Gasteiger partial charge in [-0.1, -0.05) is 121 Å². The molecule has 0 amide bonds. The Kier molecular flexibility index (Phi) is 5.27. The molecule has 184 valence electrons. The summed E-state index contributed by atoms with van der Waals surface area (Å²) in [7, 11) is 0. The number of Topliss-reactive ketones (excluding diaryl/α,β-unsaturated/α-hetero) is 1. The molecule has 5 aromatic carbocycles. The van der Waals surface area contributed by atoms with Crippen LogP contribution in [0.25, 0.3) is 0 Å². The van der Waals surface area contributed by atoms with Gasteiger partial charge in [-0.25, -0.2) is 0 Å². The highest BCUT2D eigenvalue weighted by Crippen LogP contribution is 2.63. The van der Waals surface area contributed by atoms with Gasteiger partial charge in [0.25, 0.3) is 0 Å². The molecule has 1 unspecified atom stereocenters. The molecule has 1 aliphatic heterocycles. The van der Waals surface area contributed by atoms with E-state index in [9.17, 15) is 0 Å². The molecule has 1 saturated heterocycles. The fraction of sp³-hybridized carbons (Fsp3) is 0.114. The third-order valence-corrected chi connectivity index (χ3v) is 8.19. The van der Waals surface area contributed by atoms with E-state index in [1.54, 1.807) is 0 Å². The number of aryl methyl sites for hydroxylation is 1. The van der Waals surface area contributed by atoms with Gasteiger partial charge in [-0.2, -0.15) is 5.01 Å². The van der Waals surface area contributed by atoms with Crippen molar-refractivity contribution in [2.24, 2.45) is 0 Å². The second-order valence-corrected chi connectivity index (χ2v) is 10.1. The molecule has 1 atom stereocenters. The summed E-state index contributed by atoms with van der Waals surface area (Å²) in [5.41, 5.74) is 4.58. The van der Waals surface area contributed by atoms with Crippen molar-refractivity contribution in [1.82, 2.24) is 5.01 Å². The summed E-state index contributed by atoms with van der Waals surface area (Å²) in [4.78, 5) is 15.2. The van der Waals surface area contributed by atoms with Gasteiger partial charge in [0.15, 0.2) is 11.3 Å². The van der Waals surface area contributed by atoms with Crippen molar-refractivity contribution < 1.29 is 4.79 Å². The highest BCUT2D eigenvalue weighted by atomic mass is 16.2. The predicted molar refractivity (Wildman–Crippen MR) is 152 cm³/mol. The summed E-state index contributed by atoms with van der Waals surface area (Å²) in [6.07, 6.45) is 1.61. The minimum Gasteiger partial charge on any atom is -0.294 e. The number of hydrogen-bond donors (Lipinski definition) is 0. The number of hydrazine groups is 1. The highest BCUT2D eigenvalue weighted by Gasteiger charge is 2.74. The van der Waals surface area contributed by atoms with E-state index in [1.807, 2.05) is 48.5 Å². The number of carbonyl (C=O) groups is 1. The van der Waals surface area contributed by atoms with Crippen LogP contribution in [0.1, 0.15) is 28.7 Å². The van der Waals surface area contributed by atoms with Crippen molar-refractivity contribution in [3.8, 4) is 0 Å². The number of benzene rings is 5. The monoisotopic (exact) mass is 492 g/mol. The number of para-hydroxylation sites is 2. The number of hydrogen-bond acceptors (Lipinski definition) is 3. The molecule has 0 N–H and O–H groups in total. The smallest absolute Gasteiger partial charge is 0.190 e. The average Bonchev–Trinajstić information content (AvgIpc) is 3.41. The Labute approximate surface area is 223 Å². The molecule has 7 rings (SSSR count). The fourth-order valence-electron chi connectivity index (χ4n) is 6.64. The highest BCUT2D eigenvalue weighted by molar-refractivity contribution is 6.08. The van der Waals surface area contributed by atoms with Gasteiger partial charge in [-0.3, -0.25) is 9.80 Å². The first-order chi connectivity index (χ1) is 18.8. The summed E-state index contributed by atoms with van der Waals surface area (Å²) in [5, 5.41) is 4.67. The molecule has 0 radical (unpaired) electrons. The zero-order valence-corrected chi connectivity index (χ0v) is 21.1. The van der Waals surface area contributed by atoms with Crippen molar-refractivity contribution in [2.75, 3.05) is 5.01 Å². The number of ketones is 1. The maximum absolute atomic E-state index is 15.2. The second kappa shape index (κ2) is 8.83. The van der Waals surface area contributed by atoms with Crippen LogP contribution < -0.4 is 5.01 Å². The summed E-state index contributed by atoms with van der Waals surface area (Å²) in [5.74, 6) is 0.226. The molecule has 3 heteroatoms. The first-order valence-electron chi connectivity index (χ1n) is 13.2. The first kappa shape index (κ1) is 22.7. The molecule has 3 nitrogen and oxygen atoms in total. The molecule has 5 aromatic rings. The summed E-state index contributed by atoms with van der Waals surface area (Å²) < 4.78 is 0. The van der Waals surface area contributed by atoms with Crippen LogP contribution in [-0.2, 0) is 22.3 Å². The Balaban J connectivity index is 1.59. The van der Waals surface area contributed by atoms with E-state index in [1.165, 1.54) is 5.56 Å². The van der Waals surface area contributed by atoms with Crippen molar-refractivity contribution in [1.29, 1.82) is 0 Å². The zero-order chi connectivity index (χ0) is 25.6. The van der Waals surface area contributed by atoms with Crippen LogP contribution in [0.3, 0.4) is 0 Å². The minimum atomic E-state index is -0.994. The number of nitrogens with zero attached hydrogens (tertiary/aromatic N) is 2. The maximum atomic E-state index is 15.2. The maximum Gasteiger partial charge on any atom is 0.190 e. The Hall–Kier alpha value is -4.47. The lowest BCUT2D eigenvalue weighted by Gasteiger charge is -2.66. The average molecular weight is 493 g/mol. The largest absolute Gasteiger partial charge is 0.294 e. The number of fused-ring (bicyclic) bond motifs is 2. The van der Waals surface area contributed by atoms with Gasteiger partial charge in [0.1, 0.15) is 5.54 Å². The van der Waals surface area contributed by atoms with Crippen LogP contribution in [-0.4, -0.2) is 10.8 Å². The summed E-state index contributed by atoms with van der Waals surface area (Å²) in [6.45, 7) is 0. The number of anilines is 2. The molecule has 38 heavy (non-hydrogen) atoms. The van der Waals surface area contributed by atoms with Gasteiger partial charge in [0, 0.05) is 0 Å². The van der Waals surface area contributed by atoms with Crippen molar-refractivity contribution in [2.45, 2.75) is 23.9 Å². The predicted octanol–water partition coefficient (Wildman–Crippen LogP) is 7.41. The Morgan fingerprint density at radius 2 is 1.00 bits per heavy atom. The topological polar surface area (TPSA) is 23.6 Å². The van der Waals surface area contributed by atoms with E-state index in [0.717, 1.165) is 40.9 Å². The van der Waals surface area contributed by atoms with E-state index in [2.05, 4.69) is 107 Å². The van der Waals surface area contributed by atoms with Crippen LogP contribution >= 0.6 is 0 Å². The first-order valence-corrected chi connectivity index (χ1v) is 13.2. The molecule has 0 saturated carbocycles. The molecule has 1 heterocycles. The van der Waals surface area contributed by atoms with E-state index in [-0.39, 0.29) is 5.78 Å². The van der Waals surface area contributed by atoms with Gasteiger partial charge < -0.3 is 0 Å². The van der Waals surface area contributed by atoms with Crippen LogP contribution in [0, 0.1) is 0 Å². The van der Waals surface area contributed by atoms with Gasteiger partial charge >= 0.3 is 0 Å². The lowest BCUT2D eigenvalue weighted by Crippen LogP contribution is -2.81. The molecule has 0 bridgehead atoms. The lowest BCUT2D eigenvalue weighted by atomic mass is 9.60. The van der Waals surface area contributed by atoms with Crippen LogP contribution in [0.15, 0.2) is 146 Å². The standard InChI is InChI=1S/C35H28N2O/c38-33-34(26-25-27-15-13-14-24-32(27)34)37(36(30-20-9-3-10-21-30)31-22-11-4-12-23-31)35(33,28-16-5-1-6-17-28)29-18-7-2-8-19-29/h1-24H,25-26H2. The van der Waals surface area contributed by atoms with E-state index >= 15 is 4.79 Å². The van der Waals surface area contributed by atoms with Gasteiger partial charge in [-0.15, -0.1) is 0 Å². The van der Waals surface area contributed by atoms with Gasteiger partial charge in [0.2, 0.25) is 0 Å². The van der Waals surface area contributed by atoms with Crippen molar-refractivity contribution in [3.05, 3.63) is 168 Å². The number of carbonyl (C=O) groups excluding carboxylic acids is 1. The Morgan fingerprint density at radius 1 is 0.553 bits per heavy atom. The molecule has 1 aliphatic carbocycles. The van der Waals surface area contributed by atoms with E-state index in [0.29, 0.717) is 0 Å². The third kappa shape index (κ3) is 3.03. The van der Waals surface area contributed by atoms with Crippen LogP contribution in [0.5, 0.6) is 0 Å².